The van der Waals surface area contributed by atoms with Gasteiger partial charge >= 0.3 is 11.9 Å². The summed E-state index contributed by atoms with van der Waals surface area (Å²) < 4.78 is 60.7. The molecule has 0 bridgehead atoms. The molecule has 0 aromatic rings. The molecule has 0 fully saturated rings. The lowest BCUT2D eigenvalue weighted by atomic mass is 10.1. The highest BCUT2D eigenvalue weighted by atomic mass is 32.2. The second-order valence-corrected chi connectivity index (χ2v) is 11.4. The van der Waals surface area contributed by atoms with E-state index in [0.29, 0.717) is 0 Å². The lowest BCUT2D eigenvalue weighted by molar-refractivity contribution is -0.166. The molecule has 2 atom stereocenters. The van der Waals surface area contributed by atoms with Crippen LogP contribution in [0.5, 0.6) is 0 Å². The van der Waals surface area contributed by atoms with Gasteiger partial charge in [-0.3, -0.25) is 9.59 Å². The van der Waals surface area contributed by atoms with Crippen LogP contribution in [-0.2, 0) is 39.1 Å². The molecule has 12 heteroatoms. The van der Waals surface area contributed by atoms with Gasteiger partial charge in [0.1, 0.15) is 23.3 Å². The van der Waals surface area contributed by atoms with Crippen LogP contribution in [0.2, 0.25) is 0 Å². The molecule has 0 saturated heterocycles. The van der Waals surface area contributed by atoms with Crippen LogP contribution < -0.4 is 9.44 Å². The van der Waals surface area contributed by atoms with E-state index in [1.54, 1.807) is 0 Å². The second kappa shape index (κ2) is 8.19. The summed E-state index contributed by atoms with van der Waals surface area (Å²) in [6, 6.07) is -3.71. The van der Waals surface area contributed by atoms with Crippen molar-refractivity contribution < 1.29 is 35.9 Å². The predicted octanol–water partition coefficient (Wildman–Crippen LogP) is -0.495. The van der Waals surface area contributed by atoms with E-state index in [-0.39, 0.29) is 0 Å². The first-order chi connectivity index (χ1) is 11.2. The molecule has 0 heterocycles. The minimum absolute atomic E-state index is 0.761. The number of rotatable bonds is 7. The summed E-state index contributed by atoms with van der Waals surface area (Å²) in [5.74, 6) is -2.26. The van der Waals surface area contributed by atoms with E-state index in [4.69, 9.17) is 9.47 Å². The first kappa shape index (κ1) is 24.8. The molecule has 2 N–H and O–H groups in total. The van der Waals surface area contributed by atoms with Crippen molar-refractivity contribution in [3.63, 3.8) is 0 Å². The smallest absolute Gasteiger partial charge is 0.326 e. The maximum atomic E-state index is 12.4. The van der Waals surface area contributed by atoms with Crippen molar-refractivity contribution >= 4 is 32.0 Å². The zero-order valence-corrected chi connectivity index (χ0v) is 17.9. The predicted molar refractivity (Wildman–Crippen MR) is 95.2 cm³/mol. The number of hydrogen-bond donors (Lipinski definition) is 2. The van der Waals surface area contributed by atoms with Crippen molar-refractivity contribution in [1.82, 2.24) is 9.44 Å². The van der Waals surface area contributed by atoms with E-state index in [1.165, 1.54) is 41.5 Å². The lowest BCUT2D eigenvalue weighted by Crippen LogP contribution is -2.60. The summed E-state index contributed by atoms with van der Waals surface area (Å²) in [6.45, 7) is 9.22. The molecule has 0 aliphatic carbocycles. The third-order valence-corrected chi connectivity index (χ3v) is 3.70. The van der Waals surface area contributed by atoms with Crippen molar-refractivity contribution in [3.05, 3.63) is 0 Å². The zero-order valence-electron chi connectivity index (χ0n) is 16.2. The van der Waals surface area contributed by atoms with Crippen LogP contribution in [0.15, 0.2) is 0 Å². The molecule has 0 unspecified atom stereocenters. The van der Waals surface area contributed by atoms with E-state index < -0.39 is 55.3 Å². The largest absolute Gasteiger partial charge is 0.459 e. The molecule has 0 rings (SSSR count). The fourth-order valence-electron chi connectivity index (χ4n) is 1.70. The summed E-state index contributed by atoms with van der Waals surface area (Å²) >= 11 is 0. The van der Waals surface area contributed by atoms with Gasteiger partial charge in [0.15, 0.2) is 0 Å². The van der Waals surface area contributed by atoms with Crippen molar-refractivity contribution in [2.24, 2.45) is 0 Å². The van der Waals surface area contributed by atoms with Crippen LogP contribution in [0, 0.1) is 0 Å². The van der Waals surface area contributed by atoms with Gasteiger partial charge < -0.3 is 9.47 Å². The molecular formula is C14H28N2O8S2. The van der Waals surface area contributed by atoms with Gasteiger partial charge in [0.25, 0.3) is 0 Å². The Hall–Kier alpha value is -1.24. The average Bonchev–Trinajstić information content (AvgIpc) is 2.26. The van der Waals surface area contributed by atoms with Gasteiger partial charge in [0.2, 0.25) is 20.0 Å². The van der Waals surface area contributed by atoms with Crippen LogP contribution in [0.3, 0.4) is 0 Å². The van der Waals surface area contributed by atoms with E-state index >= 15 is 0 Å². The Morgan fingerprint density at radius 1 is 0.692 bits per heavy atom. The molecule has 0 aromatic carbocycles. The molecule has 26 heavy (non-hydrogen) atoms. The quantitative estimate of drug-likeness (QED) is 0.529. The second-order valence-electron chi connectivity index (χ2n) is 7.80. The van der Waals surface area contributed by atoms with Gasteiger partial charge in [-0.05, 0) is 41.5 Å². The number of nitrogens with one attached hydrogen (secondary N) is 2. The third kappa shape index (κ3) is 11.4. The van der Waals surface area contributed by atoms with Crippen molar-refractivity contribution in [2.75, 3.05) is 12.5 Å². The summed E-state index contributed by atoms with van der Waals surface area (Å²) in [5.41, 5.74) is -2.00. The molecule has 0 amide bonds. The number of esters is 2. The summed E-state index contributed by atoms with van der Waals surface area (Å²) in [5, 5.41) is 0. The molecule has 0 saturated carbocycles. The minimum atomic E-state index is -4.00. The highest BCUT2D eigenvalue weighted by Crippen LogP contribution is 2.15. The van der Waals surface area contributed by atoms with Crippen LogP contribution in [0.1, 0.15) is 41.5 Å². The number of sulfonamides is 2. The van der Waals surface area contributed by atoms with Gasteiger partial charge in [-0.2, -0.15) is 9.44 Å². The summed E-state index contributed by atoms with van der Waals surface area (Å²) in [6.07, 6.45) is 1.52. The fourth-order valence-corrected chi connectivity index (χ4v) is 3.08. The first-order valence-corrected chi connectivity index (χ1v) is 11.4. The standard InChI is InChI=1S/C14H28N2O8S2/c1-13(2,3)23-11(17)9(15-25(7,19)20)10(16-26(8,21)22)12(18)24-14(4,5)6/h9-10,15-16H,1-8H3/t9-,10+. The van der Waals surface area contributed by atoms with Crippen LogP contribution >= 0.6 is 0 Å². The topological polar surface area (TPSA) is 145 Å². The van der Waals surface area contributed by atoms with Crippen LogP contribution in [0.25, 0.3) is 0 Å². The maximum Gasteiger partial charge on any atom is 0.326 e. The van der Waals surface area contributed by atoms with Crippen LogP contribution in [-0.4, -0.2) is 64.6 Å². The Balaban J connectivity index is 6.05. The van der Waals surface area contributed by atoms with Crippen LogP contribution in [0.4, 0.5) is 0 Å². The van der Waals surface area contributed by atoms with Crippen molar-refractivity contribution in [1.29, 1.82) is 0 Å². The molecular weight excluding hydrogens is 388 g/mol. The molecule has 154 valence electrons. The molecule has 10 nitrogen and oxygen atoms in total. The highest BCUT2D eigenvalue weighted by molar-refractivity contribution is 7.89. The van der Waals surface area contributed by atoms with E-state index in [0.717, 1.165) is 12.5 Å². The van der Waals surface area contributed by atoms with Gasteiger partial charge in [0, 0.05) is 0 Å². The maximum absolute atomic E-state index is 12.4. The highest BCUT2D eigenvalue weighted by Gasteiger charge is 2.42. The Morgan fingerprint density at radius 2 is 0.923 bits per heavy atom. The van der Waals surface area contributed by atoms with Gasteiger partial charge in [-0.25, -0.2) is 16.8 Å². The molecule has 0 aromatic heterocycles. The SMILES string of the molecule is CC(C)(C)OC(=O)[C@@H](NS(C)(=O)=O)[C@@H](NS(C)(=O)=O)C(=O)OC(C)(C)C. The monoisotopic (exact) mass is 416 g/mol. The number of carbonyl (C=O) groups excluding carboxylic acids is 2. The fraction of sp³-hybridized carbons (Fsp3) is 0.857. The van der Waals surface area contributed by atoms with Gasteiger partial charge in [-0.1, -0.05) is 0 Å². The van der Waals surface area contributed by atoms with E-state index in [1.807, 2.05) is 9.44 Å². The normalized spacial score (nSPS) is 15.8. The van der Waals surface area contributed by atoms with Crippen molar-refractivity contribution in [2.45, 2.75) is 64.8 Å². The first-order valence-electron chi connectivity index (χ1n) is 7.60. The van der Waals surface area contributed by atoms with E-state index in [9.17, 15) is 26.4 Å². The molecule has 0 spiro atoms. The molecule has 0 aliphatic rings. The average molecular weight is 417 g/mol. The zero-order chi connectivity index (χ0) is 21.1. The summed E-state index contributed by atoms with van der Waals surface area (Å²) in [7, 11) is -7.99. The Bertz CT molecular complexity index is 666. The Labute approximate surface area is 155 Å². The molecule has 0 aliphatic heterocycles. The minimum Gasteiger partial charge on any atom is -0.459 e. The third-order valence-electron chi connectivity index (χ3n) is 2.34. The van der Waals surface area contributed by atoms with E-state index in [2.05, 4.69) is 0 Å². The Kier molecular flexibility index (Phi) is 7.80. The van der Waals surface area contributed by atoms with Gasteiger partial charge in [0.05, 0.1) is 12.5 Å². The number of carbonyl (C=O) groups is 2. The van der Waals surface area contributed by atoms with Crippen molar-refractivity contribution in [3.8, 4) is 0 Å². The molecule has 0 radical (unpaired) electrons. The number of ether oxygens (including phenoxy) is 2. The summed E-state index contributed by atoms with van der Waals surface area (Å²) in [4.78, 5) is 24.9. The lowest BCUT2D eigenvalue weighted by Gasteiger charge is -2.30. The number of hydrogen-bond acceptors (Lipinski definition) is 8. The van der Waals surface area contributed by atoms with Gasteiger partial charge in [-0.15, -0.1) is 0 Å². The Morgan fingerprint density at radius 3 is 1.08 bits per heavy atom.